The fourth-order valence-corrected chi connectivity index (χ4v) is 4.12. The number of benzene rings is 3. The van der Waals surface area contributed by atoms with E-state index >= 15 is 0 Å². The number of nitrogens with two attached hydrogens (primary N) is 1. The Balaban J connectivity index is 1.41. The number of likely N-dealkylation sites (N-methyl/N-ethyl adjacent to an activating group) is 1. The maximum atomic E-state index is 13.4. The van der Waals surface area contributed by atoms with Crippen LogP contribution < -0.4 is 15.0 Å². The van der Waals surface area contributed by atoms with Crippen LogP contribution in [0.15, 0.2) is 72.0 Å². The Morgan fingerprint density at radius 1 is 1.15 bits per heavy atom. The van der Waals surface area contributed by atoms with Gasteiger partial charge in [-0.3, -0.25) is 0 Å². The zero-order chi connectivity index (χ0) is 23.7. The van der Waals surface area contributed by atoms with E-state index in [4.69, 9.17) is 31.8 Å². The van der Waals surface area contributed by atoms with Crippen LogP contribution in [0.25, 0.3) is 10.9 Å². The lowest BCUT2D eigenvalue weighted by molar-refractivity contribution is 0.305. The standard InChI is InChI=1S/C25H22ClFN5O2/c1-32(19-6-8-23(21(26)13-19)34-14-16-3-2-4-17(27)11-16)9-10-33-25(32)31-18-5-7-22-20(12-18)24(28)30-15-29-22/h2-8,11-13,15H,9-10,14H2,1H3,(H2,28,29,30)/q+1. The highest BCUT2D eigenvalue weighted by atomic mass is 35.5. The second-order valence-corrected chi connectivity index (χ2v) is 8.56. The molecule has 34 heavy (non-hydrogen) atoms. The summed E-state index contributed by atoms with van der Waals surface area (Å²) in [5, 5.41) is 1.19. The lowest BCUT2D eigenvalue weighted by atomic mass is 10.2. The highest BCUT2D eigenvalue weighted by molar-refractivity contribution is 6.32. The predicted molar refractivity (Wildman–Crippen MR) is 132 cm³/mol. The van der Waals surface area contributed by atoms with Gasteiger partial charge in [-0.1, -0.05) is 23.7 Å². The number of hydrogen-bond acceptors (Lipinski definition) is 6. The SMILES string of the molecule is C[N+]1(c2ccc(OCc3cccc(F)c3)c(Cl)c2)CCOC1=Nc1ccc2ncnc(N)c2c1. The molecular formula is C25H22ClFN5O2+. The van der Waals surface area contributed by atoms with Crippen molar-refractivity contribution in [1.82, 2.24) is 14.5 Å². The highest BCUT2D eigenvalue weighted by Crippen LogP contribution is 2.35. The van der Waals surface area contributed by atoms with E-state index in [9.17, 15) is 4.39 Å². The van der Waals surface area contributed by atoms with Crippen LogP contribution in [0.3, 0.4) is 0 Å². The first-order chi connectivity index (χ1) is 16.4. The molecule has 5 rings (SSSR count). The molecule has 3 aromatic carbocycles. The minimum absolute atomic E-state index is 0.216. The summed E-state index contributed by atoms with van der Waals surface area (Å²) in [5.41, 5.74) is 9.07. The van der Waals surface area contributed by atoms with Gasteiger partial charge in [-0.15, -0.1) is 0 Å². The number of fused-ring (bicyclic) bond motifs is 1. The minimum atomic E-state index is -0.303. The normalized spacial score (nSPS) is 18.9. The van der Waals surface area contributed by atoms with E-state index in [0.29, 0.717) is 45.9 Å². The van der Waals surface area contributed by atoms with Crippen LogP contribution in [0.2, 0.25) is 5.02 Å². The van der Waals surface area contributed by atoms with Gasteiger partial charge in [0, 0.05) is 17.5 Å². The van der Waals surface area contributed by atoms with Gasteiger partial charge in [0.15, 0.2) is 0 Å². The van der Waals surface area contributed by atoms with E-state index in [1.54, 1.807) is 12.1 Å². The van der Waals surface area contributed by atoms with Crippen LogP contribution in [0.1, 0.15) is 5.56 Å². The molecule has 1 aliphatic rings. The molecule has 1 atom stereocenters. The summed E-state index contributed by atoms with van der Waals surface area (Å²) in [5.74, 6) is 0.615. The number of aromatic nitrogens is 2. The summed E-state index contributed by atoms with van der Waals surface area (Å²) < 4.78 is 25.5. The van der Waals surface area contributed by atoms with E-state index in [-0.39, 0.29) is 12.4 Å². The molecule has 0 radical (unpaired) electrons. The van der Waals surface area contributed by atoms with Crippen LogP contribution in [0.4, 0.5) is 21.6 Å². The number of hydrogen-bond donors (Lipinski definition) is 1. The summed E-state index contributed by atoms with van der Waals surface area (Å²) in [4.78, 5) is 13.0. The summed E-state index contributed by atoms with van der Waals surface area (Å²) >= 11 is 6.54. The van der Waals surface area contributed by atoms with Crippen LogP contribution in [-0.4, -0.2) is 36.2 Å². The Kier molecular flexibility index (Phi) is 5.77. The molecule has 172 valence electrons. The van der Waals surface area contributed by atoms with E-state index in [2.05, 4.69) is 9.97 Å². The number of quaternary nitrogens is 1. The highest BCUT2D eigenvalue weighted by Gasteiger charge is 2.40. The molecule has 1 saturated heterocycles. The molecule has 0 aliphatic carbocycles. The van der Waals surface area contributed by atoms with Gasteiger partial charge in [0.2, 0.25) is 0 Å². The number of nitrogens with zero attached hydrogens (tertiary/aromatic N) is 4. The first-order valence-corrected chi connectivity index (χ1v) is 11.1. The predicted octanol–water partition coefficient (Wildman–Crippen LogP) is 5.24. The molecule has 7 nitrogen and oxygen atoms in total. The molecule has 1 aliphatic heterocycles. The Bertz CT molecular complexity index is 1410. The fourth-order valence-electron chi connectivity index (χ4n) is 3.89. The van der Waals surface area contributed by atoms with Gasteiger partial charge in [0.25, 0.3) is 0 Å². The third kappa shape index (κ3) is 4.25. The molecule has 9 heteroatoms. The number of nitrogen functional groups attached to an aromatic ring is 1. The molecule has 1 fully saturated rings. The third-order valence-electron chi connectivity index (χ3n) is 5.84. The second-order valence-electron chi connectivity index (χ2n) is 8.15. The van der Waals surface area contributed by atoms with Crippen LogP contribution in [0.5, 0.6) is 5.75 Å². The third-order valence-corrected chi connectivity index (χ3v) is 6.13. The van der Waals surface area contributed by atoms with Crippen molar-refractivity contribution in [2.24, 2.45) is 4.99 Å². The average molecular weight is 479 g/mol. The van der Waals surface area contributed by atoms with E-state index < -0.39 is 0 Å². The Hall–Kier alpha value is -3.75. The van der Waals surface area contributed by atoms with Crippen molar-refractivity contribution in [2.75, 3.05) is 25.9 Å². The smallest absolute Gasteiger partial charge is 0.404 e. The van der Waals surface area contributed by atoms with E-state index in [1.807, 2.05) is 43.4 Å². The molecule has 0 saturated carbocycles. The Morgan fingerprint density at radius 3 is 2.85 bits per heavy atom. The fraction of sp³-hybridized carbons (Fsp3) is 0.160. The Morgan fingerprint density at radius 2 is 2.03 bits per heavy atom. The zero-order valence-electron chi connectivity index (χ0n) is 18.4. The van der Waals surface area contributed by atoms with Crippen molar-refractivity contribution in [1.29, 1.82) is 0 Å². The molecule has 1 unspecified atom stereocenters. The first kappa shape index (κ1) is 22.1. The van der Waals surface area contributed by atoms with Crippen molar-refractivity contribution in [3.05, 3.63) is 83.4 Å². The average Bonchev–Trinajstić information content (AvgIpc) is 3.20. The lowest BCUT2D eigenvalue weighted by Gasteiger charge is -2.25. The molecule has 0 bridgehead atoms. The largest absolute Gasteiger partial charge is 0.487 e. The van der Waals surface area contributed by atoms with E-state index in [0.717, 1.165) is 22.2 Å². The molecule has 4 aromatic rings. The lowest BCUT2D eigenvalue weighted by Crippen LogP contribution is -2.46. The quantitative estimate of drug-likeness (QED) is 0.397. The van der Waals surface area contributed by atoms with Gasteiger partial charge >= 0.3 is 6.02 Å². The first-order valence-electron chi connectivity index (χ1n) is 10.7. The topological polar surface area (TPSA) is 82.6 Å². The van der Waals surface area contributed by atoms with Crippen molar-refractivity contribution in [3.8, 4) is 5.75 Å². The number of ether oxygens (including phenoxy) is 2. The summed E-state index contributed by atoms with van der Waals surface area (Å²) in [6.07, 6.45) is 1.44. The van der Waals surface area contributed by atoms with Gasteiger partial charge in [-0.05, 0) is 42.0 Å². The summed E-state index contributed by atoms with van der Waals surface area (Å²) in [6, 6.07) is 18.0. The number of aliphatic imine (C=N–C) groups is 1. The minimum Gasteiger partial charge on any atom is -0.487 e. The monoisotopic (exact) mass is 478 g/mol. The number of anilines is 1. The molecule has 0 spiro atoms. The van der Waals surface area contributed by atoms with Crippen molar-refractivity contribution < 1.29 is 13.9 Å². The van der Waals surface area contributed by atoms with Crippen molar-refractivity contribution in [3.63, 3.8) is 0 Å². The van der Waals surface area contributed by atoms with Gasteiger partial charge in [0.1, 0.15) is 49.2 Å². The number of rotatable bonds is 5. The maximum absolute atomic E-state index is 13.4. The van der Waals surface area contributed by atoms with Crippen molar-refractivity contribution in [2.45, 2.75) is 6.61 Å². The van der Waals surface area contributed by atoms with Crippen LogP contribution in [-0.2, 0) is 11.3 Å². The van der Waals surface area contributed by atoms with E-state index in [1.165, 1.54) is 18.5 Å². The molecule has 2 heterocycles. The summed E-state index contributed by atoms with van der Waals surface area (Å²) in [6.45, 7) is 1.43. The zero-order valence-corrected chi connectivity index (χ0v) is 19.2. The molecule has 2 N–H and O–H groups in total. The molecule has 1 aromatic heterocycles. The van der Waals surface area contributed by atoms with Gasteiger partial charge in [-0.2, -0.15) is 4.99 Å². The van der Waals surface area contributed by atoms with Crippen LogP contribution >= 0.6 is 11.6 Å². The molecular weight excluding hydrogens is 457 g/mol. The number of halogens is 2. The Labute approximate surface area is 200 Å². The maximum Gasteiger partial charge on any atom is 0.404 e. The number of amidine groups is 1. The van der Waals surface area contributed by atoms with Gasteiger partial charge < -0.3 is 15.2 Å². The van der Waals surface area contributed by atoms with Gasteiger partial charge in [-0.25, -0.2) is 18.8 Å². The van der Waals surface area contributed by atoms with Gasteiger partial charge in [0.05, 0.1) is 23.3 Å². The van der Waals surface area contributed by atoms with Crippen LogP contribution in [0, 0.1) is 5.82 Å². The summed E-state index contributed by atoms with van der Waals surface area (Å²) in [7, 11) is 2.02. The second kappa shape index (κ2) is 8.89. The molecule has 0 amide bonds. The van der Waals surface area contributed by atoms with Crippen molar-refractivity contribution >= 4 is 45.7 Å².